The first-order valence-corrected chi connectivity index (χ1v) is 7.36. The van der Waals surface area contributed by atoms with Gasteiger partial charge in [-0.05, 0) is 31.5 Å². The Morgan fingerprint density at radius 3 is 2.62 bits per heavy atom. The molecule has 0 aliphatic carbocycles. The molecule has 1 aromatic heterocycles. The highest BCUT2D eigenvalue weighted by atomic mass is 16.2. The zero-order chi connectivity index (χ0) is 15.0. The van der Waals surface area contributed by atoms with Gasteiger partial charge in [0, 0.05) is 24.5 Å². The average Bonchev–Trinajstić information content (AvgIpc) is 2.89. The maximum absolute atomic E-state index is 12.7. The van der Waals surface area contributed by atoms with Crippen LogP contribution in [0.25, 0.3) is 0 Å². The molecular weight excluding hydrogens is 262 g/mol. The number of aryl methyl sites for hydroxylation is 1. The van der Waals surface area contributed by atoms with E-state index in [9.17, 15) is 4.79 Å². The molecule has 110 valence electrons. The fraction of sp³-hybridized carbons (Fsp3) is 0.353. The van der Waals surface area contributed by atoms with Crippen LogP contribution < -0.4 is 5.73 Å². The van der Waals surface area contributed by atoms with E-state index in [2.05, 4.69) is 30.5 Å². The molecule has 21 heavy (non-hydrogen) atoms. The van der Waals surface area contributed by atoms with Gasteiger partial charge in [0.2, 0.25) is 5.91 Å². The fourth-order valence-electron chi connectivity index (χ4n) is 3.10. The van der Waals surface area contributed by atoms with Gasteiger partial charge in [0.15, 0.2) is 0 Å². The predicted molar refractivity (Wildman–Crippen MR) is 82.7 cm³/mol. The molecule has 1 aromatic carbocycles. The molecule has 2 heterocycles. The number of rotatable bonds is 2. The Labute approximate surface area is 125 Å². The van der Waals surface area contributed by atoms with Gasteiger partial charge in [-0.15, -0.1) is 0 Å². The summed E-state index contributed by atoms with van der Waals surface area (Å²) in [5.74, 6) is -0.00111. The quantitative estimate of drug-likeness (QED) is 0.920. The topological polar surface area (TPSA) is 51.3 Å². The van der Waals surface area contributed by atoms with Crippen LogP contribution in [0.2, 0.25) is 0 Å². The van der Waals surface area contributed by atoms with Crippen molar-refractivity contribution in [2.75, 3.05) is 6.54 Å². The van der Waals surface area contributed by atoms with Crippen LogP contribution in [0.5, 0.6) is 0 Å². The third kappa shape index (κ3) is 2.36. The van der Waals surface area contributed by atoms with Crippen molar-refractivity contribution < 1.29 is 4.79 Å². The molecule has 2 atom stereocenters. The molecule has 1 aliphatic heterocycles. The van der Waals surface area contributed by atoms with E-state index >= 15 is 0 Å². The Balaban J connectivity index is 1.83. The summed E-state index contributed by atoms with van der Waals surface area (Å²) in [6.45, 7) is 5.72. The summed E-state index contributed by atoms with van der Waals surface area (Å²) < 4.78 is 2.28. The van der Waals surface area contributed by atoms with Crippen molar-refractivity contribution in [2.45, 2.75) is 32.5 Å². The molecule has 1 aliphatic rings. The van der Waals surface area contributed by atoms with Crippen LogP contribution in [0.3, 0.4) is 0 Å². The first kappa shape index (κ1) is 13.9. The third-order valence-corrected chi connectivity index (χ3v) is 4.40. The number of carbonyl (C=O) groups is 1. The number of nitrogens with two attached hydrogens (primary N) is 1. The summed E-state index contributed by atoms with van der Waals surface area (Å²) in [6, 6.07) is 13.3. The minimum Gasteiger partial charge on any atom is -0.345 e. The minimum atomic E-state index is -0.587. The van der Waals surface area contributed by atoms with E-state index in [1.165, 1.54) is 11.4 Å². The van der Waals surface area contributed by atoms with E-state index in [1.54, 1.807) is 0 Å². The van der Waals surface area contributed by atoms with Crippen LogP contribution in [-0.4, -0.2) is 21.9 Å². The molecule has 0 saturated carbocycles. The summed E-state index contributed by atoms with van der Waals surface area (Å²) in [7, 11) is 0. The van der Waals surface area contributed by atoms with Crippen LogP contribution in [0.1, 0.15) is 36.0 Å². The molecule has 0 saturated heterocycles. The number of fused-ring (bicyclic) bond motifs is 1. The molecule has 2 aromatic rings. The molecule has 0 fully saturated rings. The fourth-order valence-corrected chi connectivity index (χ4v) is 3.10. The first-order valence-electron chi connectivity index (χ1n) is 7.36. The zero-order valence-corrected chi connectivity index (χ0v) is 12.5. The maximum atomic E-state index is 12.7. The minimum absolute atomic E-state index is 0.00111. The molecule has 2 N–H and O–H groups in total. The largest absolute Gasteiger partial charge is 0.345 e. The van der Waals surface area contributed by atoms with Crippen molar-refractivity contribution >= 4 is 5.91 Å². The number of carbonyl (C=O) groups excluding carboxylic acids is 1. The molecular formula is C17H21N3O. The van der Waals surface area contributed by atoms with Crippen LogP contribution >= 0.6 is 0 Å². The molecule has 1 unspecified atom stereocenters. The van der Waals surface area contributed by atoms with Gasteiger partial charge >= 0.3 is 0 Å². The van der Waals surface area contributed by atoms with Crippen LogP contribution in [0.15, 0.2) is 42.5 Å². The van der Waals surface area contributed by atoms with Gasteiger partial charge in [0.1, 0.15) is 6.04 Å². The summed E-state index contributed by atoms with van der Waals surface area (Å²) in [6.07, 6.45) is 0. The van der Waals surface area contributed by atoms with Gasteiger partial charge in [-0.25, -0.2) is 0 Å². The lowest BCUT2D eigenvalue weighted by atomic mass is 10.0. The number of benzene rings is 1. The monoisotopic (exact) mass is 283 g/mol. The molecule has 0 spiro atoms. The summed E-state index contributed by atoms with van der Waals surface area (Å²) in [5.41, 5.74) is 9.46. The molecule has 0 bridgehead atoms. The second kappa shape index (κ2) is 5.37. The Kier molecular flexibility index (Phi) is 3.55. The lowest BCUT2D eigenvalue weighted by Crippen LogP contribution is -2.45. The van der Waals surface area contributed by atoms with Crippen molar-refractivity contribution in [2.24, 2.45) is 5.73 Å². The van der Waals surface area contributed by atoms with Gasteiger partial charge < -0.3 is 15.2 Å². The smallest absolute Gasteiger partial charge is 0.244 e. The number of hydrogen-bond acceptors (Lipinski definition) is 2. The lowest BCUT2D eigenvalue weighted by molar-refractivity contribution is -0.136. The van der Waals surface area contributed by atoms with E-state index in [4.69, 9.17) is 5.73 Å². The van der Waals surface area contributed by atoms with Crippen LogP contribution in [0, 0.1) is 6.92 Å². The molecule has 4 heteroatoms. The Bertz CT molecular complexity index is 647. The maximum Gasteiger partial charge on any atom is 0.244 e. The van der Waals surface area contributed by atoms with Gasteiger partial charge in [-0.1, -0.05) is 30.3 Å². The van der Waals surface area contributed by atoms with Gasteiger partial charge in [-0.3, -0.25) is 4.79 Å². The molecule has 3 rings (SSSR count). The number of nitrogens with zero attached hydrogens (tertiary/aromatic N) is 2. The van der Waals surface area contributed by atoms with Crippen molar-refractivity contribution in [3.8, 4) is 0 Å². The van der Waals surface area contributed by atoms with Crippen molar-refractivity contribution in [3.05, 3.63) is 59.4 Å². The van der Waals surface area contributed by atoms with E-state index < -0.39 is 6.04 Å². The molecule has 0 radical (unpaired) electrons. The summed E-state index contributed by atoms with van der Waals surface area (Å²) in [5, 5.41) is 0. The van der Waals surface area contributed by atoms with Gasteiger partial charge in [0.05, 0.1) is 6.04 Å². The Hall–Kier alpha value is -2.07. The average molecular weight is 283 g/mol. The van der Waals surface area contributed by atoms with Crippen molar-refractivity contribution in [1.82, 2.24) is 9.47 Å². The second-order valence-corrected chi connectivity index (χ2v) is 5.65. The molecule has 4 nitrogen and oxygen atoms in total. The zero-order valence-electron chi connectivity index (χ0n) is 12.5. The Morgan fingerprint density at radius 2 is 1.90 bits per heavy atom. The standard InChI is InChI=1S/C17H21N3O/c1-12-8-9-15-13(2)20(11-10-19(12)15)17(21)16(18)14-6-4-3-5-7-14/h3-9,13,16H,10-11,18H2,1-2H3/t13?,16-/m1/s1. The van der Waals surface area contributed by atoms with Crippen molar-refractivity contribution in [3.63, 3.8) is 0 Å². The normalized spacial score (nSPS) is 19.2. The third-order valence-electron chi connectivity index (χ3n) is 4.40. The van der Waals surface area contributed by atoms with Gasteiger partial charge in [0.25, 0.3) is 0 Å². The second-order valence-electron chi connectivity index (χ2n) is 5.65. The Morgan fingerprint density at radius 1 is 1.19 bits per heavy atom. The van der Waals surface area contributed by atoms with Crippen LogP contribution in [-0.2, 0) is 11.3 Å². The van der Waals surface area contributed by atoms with E-state index in [-0.39, 0.29) is 11.9 Å². The lowest BCUT2D eigenvalue weighted by Gasteiger charge is -2.37. The van der Waals surface area contributed by atoms with E-state index in [0.29, 0.717) is 6.54 Å². The number of aromatic nitrogens is 1. The summed E-state index contributed by atoms with van der Waals surface area (Å²) in [4.78, 5) is 14.6. The SMILES string of the molecule is Cc1ccc2n1CCN(C(=O)[C@H](N)c1ccccc1)C2C. The molecule has 1 amide bonds. The van der Waals surface area contributed by atoms with E-state index in [0.717, 1.165) is 12.1 Å². The summed E-state index contributed by atoms with van der Waals surface area (Å²) >= 11 is 0. The number of amides is 1. The van der Waals surface area contributed by atoms with E-state index in [1.807, 2.05) is 35.2 Å². The number of hydrogen-bond donors (Lipinski definition) is 1. The first-order chi connectivity index (χ1) is 10.1. The highest BCUT2D eigenvalue weighted by Gasteiger charge is 2.31. The van der Waals surface area contributed by atoms with Gasteiger partial charge in [-0.2, -0.15) is 0 Å². The predicted octanol–water partition coefficient (Wildman–Crippen LogP) is 2.40. The highest BCUT2D eigenvalue weighted by molar-refractivity contribution is 5.83. The highest BCUT2D eigenvalue weighted by Crippen LogP contribution is 2.29. The van der Waals surface area contributed by atoms with Crippen molar-refractivity contribution in [1.29, 1.82) is 0 Å². The van der Waals surface area contributed by atoms with Crippen LogP contribution in [0.4, 0.5) is 0 Å².